The molecule has 21 heavy (non-hydrogen) atoms. The van der Waals surface area contributed by atoms with Gasteiger partial charge in [0.05, 0.1) is 23.4 Å². The Labute approximate surface area is 136 Å². The van der Waals surface area contributed by atoms with E-state index in [-0.39, 0.29) is 5.91 Å². The van der Waals surface area contributed by atoms with E-state index in [1.807, 2.05) is 19.9 Å². The van der Waals surface area contributed by atoms with Crippen molar-refractivity contribution in [1.29, 1.82) is 0 Å². The molecule has 2 aromatic rings. The van der Waals surface area contributed by atoms with Crippen LogP contribution < -0.4 is 10.1 Å². The molecular weight excluding hydrogens is 356 g/mol. The Bertz CT molecular complexity index is 704. The summed E-state index contributed by atoms with van der Waals surface area (Å²) in [6, 6.07) is 5.34. The molecule has 1 N–H and O–H groups in total. The Morgan fingerprint density at radius 1 is 1.33 bits per heavy atom. The van der Waals surface area contributed by atoms with Gasteiger partial charge in [0.15, 0.2) is 0 Å². The van der Waals surface area contributed by atoms with Gasteiger partial charge in [-0.25, -0.2) is 0 Å². The van der Waals surface area contributed by atoms with E-state index in [1.165, 1.54) is 6.20 Å². The lowest BCUT2D eigenvalue weighted by molar-refractivity contribution is 0.102. The van der Waals surface area contributed by atoms with Gasteiger partial charge in [-0.05, 0) is 37.6 Å². The minimum Gasteiger partial charge on any atom is -0.495 e. The highest BCUT2D eigenvalue weighted by Crippen LogP contribution is 2.32. The number of hydrogen-bond donors (Lipinski definition) is 1. The van der Waals surface area contributed by atoms with Crippen molar-refractivity contribution >= 4 is 39.1 Å². The van der Waals surface area contributed by atoms with Crippen molar-refractivity contribution in [1.82, 2.24) is 4.98 Å². The Morgan fingerprint density at radius 2 is 2.05 bits per heavy atom. The molecular formula is C15H14BrClN2O2. The van der Waals surface area contributed by atoms with Crippen LogP contribution in [0, 0.1) is 13.8 Å². The van der Waals surface area contributed by atoms with Crippen molar-refractivity contribution in [2.24, 2.45) is 0 Å². The lowest BCUT2D eigenvalue weighted by Gasteiger charge is -2.14. The summed E-state index contributed by atoms with van der Waals surface area (Å²) in [6.07, 6.45) is 1.47. The van der Waals surface area contributed by atoms with Crippen LogP contribution in [0.15, 0.2) is 28.9 Å². The summed E-state index contributed by atoms with van der Waals surface area (Å²) >= 11 is 9.48. The molecule has 0 saturated carbocycles. The molecule has 0 unspecified atom stereocenters. The van der Waals surface area contributed by atoms with E-state index in [0.29, 0.717) is 22.0 Å². The first kappa shape index (κ1) is 15.8. The Kier molecular flexibility index (Phi) is 4.85. The summed E-state index contributed by atoms with van der Waals surface area (Å²) in [4.78, 5) is 16.4. The number of anilines is 1. The Hall–Kier alpha value is -1.59. The molecule has 4 nitrogen and oxygen atoms in total. The van der Waals surface area contributed by atoms with Gasteiger partial charge in [-0.1, -0.05) is 27.5 Å². The molecule has 0 atom stereocenters. The number of nitrogens with one attached hydrogen (secondary N) is 1. The molecule has 1 aromatic carbocycles. The van der Waals surface area contributed by atoms with Crippen molar-refractivity contribution in [2.45, 2.75) is 13.8 Å². The molecule has 0 aliphatic rings. The van der Waals surface area contributed by atoms with Gasteiger partial charge in [0.2, 0.25) is 0 Å². The van der Waals surface area contributed by atoms with Gasteiger partial charge in [-0.2, -0.15) is 0 Å². The van der Waals surface area contributed by atoms with Crippen LogP contribution in [-0.2, 0) is 0 Å². The molecule has 110 valence electrons. The number of halogens is 2. The topological polar surface area (TPSA) is 51.2 Å². The number of amides is 1. The van der Waals surface area contributed by atoms with E-state index < -0.39 is 0 Å². The smallest absolute Gasteiger partial charge is 0.258 e. The van der Waals surface area contributed by atoms with Crippen LogP contribution in [0.25, 0.3) is 0 Å². The van der Waals surface area contributed by atoms with Gasteiger partial charge < -0.3 is 10.1 Å². The van der Waals surface area contributed by atoms with E-state index in [0.717, 1.165) is 15.7 Å². The van der Waals surface area contributed by atoms with Crippen molar-refractivity contribution in [2.75, 3.05) is 12.4 Å². The standard InChI is InChI=1S/C15H14BrClN2O2/c1-8-4-10(16)6-13(21-3)14(8)19-15(20)11-7-18-9(2)5-12(11)17/h4-7H,1-3H3,(H,19,20). The lowest BCUT2D eigenvalue weighted by atomic mass is 10.1. The first-order valence-electron chi connectivity index (χ1n) is 6.20. The maximum absolute atomic E-state index is 12.3. The Morgan fingerprint density at radius 3 is 2.67 bits per heavy atom. The van der Waals surface area contributed by atoms with E-state index in [9.17, 15) is 4.79 Å². The predicted octanol–water partition coefficient (Wildman–Crippen LogP) is 4.38. The zero-order chi connectivity index (χ0) is 15.6. The van der Waals surface area contributed by atoms with E-state index >= 15 is 0 Å². The van der Waals surface area contributed by atoms with E-state index in [2.05, 4.69) is 26.2 Å². The first-order valence-corrected chi connectivity index (χ1v) is 7.37. The molecule has 0 aliphatic heterocycles. The molecule has 0 aliphatic carbocycles. The number of ether oxygens (including phenoxy) is 1. The van der Waals surface area contributed by atoms with Crippen LogP contribution >= 0.6 is 27.5 Å². The van der Waals surface area contributed by atoms with Gasteiger partial charge in [-0.3, -0.25) is 9.78 Å². The summed E-state index contributed by atoms with van der Waals surface area (Å²) in [5.74, 6) is 0.252. The third-order valence-electron chi connectivity index (χ3n) is 2.96. The van der Waals surface area contributed by atoms with Gasteiger partial charge in [0, 0.05) is 16.4 Å². The molecule has 0 bridgehead atoms. The summed E-state index contributed by atoms with van der Waals surface area (Å²) < 4.78 is 6.18. The average molecular weight is 370 g/mol. The largest absolute Gasteiger partial charge is 0.495 e. The fourth-order valence-electron chi connectivity index (χ4n) is 1.91. The number of hydrogen-bond acceptors (Lipinski definition) is 3. The highest BCUT2D eigenvalue weighted by atomic mass is 79.9. The molecule has 0 saturated heterocycles. The van der Waals surface area contributed by atoms with Crippen molar-refractivity contribution in [3.63, 3.8) is 0 Å². The van der Waals surface area contributed by atoms with E-state index in [4.69, 9.17) is 16.3 Å². The van der Waals surface area contributed by atoms with E-state index in [1.54, 1.807) is 19.2 Å². The second-order valence-corrected chi connectivity index (χ2v) is 5.88. The van der Waals surface area contributed by atoms with Gasteiger partial charge in [0.25, 0.3) is 5.91 Å². The summed E-state index contributed by atoms with van der Waals surface area (Å²) in [5.41, 5.74) is 2.58. The van der Waals surface area contributed by atoms with Crippen LogP contribution in [0.2, 0.25) is 5.02 Å². The molecule has 0 radical (unpaired) electrons. The van der Waals surface area contributed by atoms with Crippen LogP contribution in [0.1, 0.15) is 21.6 Å². The van der Waals surface area contributed by atoms with Crippen LogP contribution in [-0.4, -0.2) is 18.0 Å². The number of rotatable bonds is 3. The molecule has 1 aromatic heterocycles. The lowest BCUT2D eigenvalue weighted by Crippen LogP contribution is -2.14. The average Bonchev–Trinajstić information content (AvgIpc) is 2.41. The highest BCUT2D eigenvalue weighted by molar-refractivity contribution is 9.10. The number of pyridine rings is 1. The molecule has 1 amide bonds. The van der Waals surface area contributed by atoms with Gasteiger partial charge in [0.1, 0.15) is 5.75 Å². The number of carbonyl (C=O) groups excluding carboxylic acids is 1. The third-order valence-corrected chi connectivity index (χ3v) is 3.73. The third kappa shape index (κ3) is 3.54. The van der Waals surface area contributed by atoms with Crippen molar-refractivity contribution in [3.8, 4) is 5.75 Å². The van der Waals surface area contributed by atoms with Crippen molar-refractivity contribution < 1.29 is 9.53 Å². The van der Waals surface area contributed by atoms with Crippen LogP contribution in [0.4, 0.5) is 5.69 Å². The molecule has 2 rings (SSSR count). The monoisotopic (exact) mass is 368 g/mol. The summed E-state index contributed by atoms with van der Waals surface area (Å²) in [6.45, 7) is 3.70. The predicted molar refractivity (Wildman–Crippen MR) is 87.4 cm³/mol. The minimum atomic E-state index is -0.323. The minimum absolute atomic E-state index is 0.323. The number of benzene rings is 1. The maximum Gasteiger partial charge on any atom is 0.258 e. The number of aromatic nitrogens is 1. The second-order valence-electron chi connectivity index (χ2n) is 4.56. The Balaban J connectivity index is 2.36. The number of methoxy groups -OCH3 is 1. The number of carbonyl (C=O) groups is 1. The zero-order valence-electron chi connectivity index (χ0n) is 11.8. The SMILES string of the molecule is COc1cc(Br)cc(C)c1NC(=O)c1cnc(C)cc1Cl. The molecule has 6 heteroatoms. The first-order chi connectivity index (χ1) is 9.92. The van der Waals surface area contributed by atoms with Gasteiger partial charge in [-0.15, -0.1) is 0 Å². The number of aryl methyl sites for hydroxylation is 2. The highest BCUT2D eigenvalue weighted by Gasteiger charge is 2.16. The normalized spacial score (nSPS) is 10.3. The van der Waals surface area contributed by atoms with Crippen LogP contribution in [0.5, 0.6) is 5.75 Å². The summed E-state index contributed by atoms with van der Waals surface area (Å²) in [7, 11) is 1.55. The number of nitrogens with zero attached hydrogens (tertiary/aromatic N) is 1. The fourth-order valence-corrected chi connectivity index (χ4v) is 2.75. The van der Waals surface area contributed by atoms with Crippen LogP contribution in [0.3, 0.4) is 0 Å². The molecule has 0 fully saturated rings. The fraction of sp³-hybridized carbons (Fsp3) is 0.200. The second kappa shape index (κ2) is 6.45. The maximum atomic E-state index is 12.3. The summed E-state index contributed by atoms with van der Waals surface area (Å²) in [5, 5.41) is 3.19. The quantitative estimate of drug-likeness (QED) is 0.873. The van der Waals surface area contributed by atoms with Gasteiger partial charge >= 0.3 is 0 Å². The van der Waals surface area contributed by atoms with Crippen molar-refractivity contribution in [3.05, 3.63) is 50.7 Å². The molecule has 0 spiro atoms. The molecule has 1 heterocycles. The zero-order valence-corrected chi connectivity index (χ0v) is 14.2.